The topological polar surface area (TPSA) is 72.2 Å². The minimum atomic E-state index is -3.44. The van der Waals surface area contributed by atoms with Crippen molar-refractivity contribution in [3.63, 3.8) is 0 Å². The van der Waals surface area contributed by atoms with E-state index in [2.05, 4.69) is 11.6 Å². The predicted octanol–water partition coefficient (Wildman–Crippen LogP) is 2.04. The van der Waals surface area contributed by atoms with Gasteiger partial charge in [0.15, 0.2) is 0 Å². The van der Waals surface area contributed by atoms with E-state index in [1.807, 2.05) is 6.92 Å². The van der Waals surface area contributed by atoms with Crippen molar-refractivity contribution in [1.29, 1.82) is 0 Å². The lowest BCUT2D eigenvalue weighted by atomic mass is 10.1. The monoisotopic (exact) mass is 268 g/mol. The number of hydrogen-bond acceptors (Lipinski definition) is 3. The molecule has 1 aromatic carbocycles. The van der Waals surface area contributed by atoms with Gasteiger partial charge in [-0.2, -0.15) is 0 Å². The van der Waals surface area contributed by atoms with Gasteiger partial charge in [0.2, 0.25) is 10.0 Å². The van der Waals surface area contributed by atoms with Crippen LogP contribution in [0.25, 0.3) is 0 Å². The Balaban J connectivity index is 2.20. The largest absolute Gasteiger partial charge is 0.399 e. The normalized spacial score (nSPS) is 24.3. The minimum Gasteiger partial charge on any atom is -0.399 e. The van der Waals surface area contributed by atoms with Crippen molar-refractivity contribution < 1.29 is 8.42 Å². The summed E-state index contributed by atoms with van der Waals surface area (Å²) < 4.78 is 27.2. The second-order valence-electron chi connectivity index (χ2n) is 5.32. The molecule has 5 heteroatoms. The second-order valence-corrected chi connectivity index (χ2v) is 7.03. The molecule has 2 unspecified atom stereocenters. The maximum atomic E-state index is 12.2. The van der Waals surface area contributed by atoms with Crippen LogP contribution in [-0.4, -0.2) is 14.5 Å². The molecule has 1 saturated carbocycles. The standard InChI is InChI=1S/C13H20N2O2S/c1-9-3-4-12(6-9)15-18(16,17)13-7-10(2)5-11(14)8-13/h5,7-9,12,15H,3-4,6,14H2,1-2H3. The van der Waals surface area contributed by atoms with Gasteiger partial charge in [-0.3, -0.25) is 0 Å². The summed E-state index contributed by atoms with van der Waals surface area (Å²) in [6, 6.07) is 4.98. The first kappa shape index (κ1) is 13.4. The summed E-state index contributed by atoms with van der Waals surface area (Å²) in [5.41, 5.74) is 7.03. The number of nitrogens with two attached hydrogens (primary N) is 1. The molecule has 1 aromatic rings. The van der Waals surface area contributed by atoms with Gasteiger partial charge in [0.25, 0.3) is 0 Å². The van der Waals surface area contributed by atoms with E-state index in [1.54, 1.807) is 12.1 Å². The fraction of sp³-hybridized carbons (Fsp3) is 0.538. The van der Waals surface area contributed by atoms with Crippen LogP contribution in [0, 0.1) is 12.8 Å². The molecule has 1 fully saturated rings. The zero-order valence-corrected chi connectivity index (χ0v) is 11.6. The molecule has 0 bridgehead atoms. The number of sulfonamides is 1. The van der Waals surface area contributed by atoms with Crippen LogP contribution in [0.15, 0.2) is 23.1 Å². The van der Waals surface area contributed by atoms with Gasteiger partial charge in [0.1, 0.15) is 0 Å². The van der Waals surface area contributed by atoms with Crippen LogP contribution in [0.3, 0.4) is 0 Å². The Labute approximate surface area is 109 Å². The van der Waals surface area contributed by atoms with E-state index in [-0.39, 0.29) is 10.9 Å². The van der Waals surface area contributed by atoms with Gasteiger partial charge in [0.05, 0.1) is 4.90 Å². The molecule has 1 aliphatic rings. The molecular formula is C13H20N2O2S. The number of rotatable bonds is 3. The van der Waals surface area contributed by atoms with E-state index in [4.69, 9.17) is 5.73 Å². The summed E-state index contributed by atoms with van der Waals surface area (Å²) >= 11 is 0. The minimum absolute atomic E-state index is 0.0618. The Hall–Kier alpha value is -1.07. The summed E-state index contributed by atoms with van der Waals surface area (Å²) in [7, 11) is -3.44. The third-order valence-corrected chi connectivity index (χ3v) is 4.90. The number of aryl methyl sites for hydroxylation is 1. The van der Waals surface area contributed by atoms with Crippen LogP contribution in [0.4, 0.5) is 5.69 Å². The summed E-state index contributed by atoms with van der Waals surface area (Å²) in [5, 5.41) is 0. The van der Waals surface area contributed by atoms with E-state index < -0.39 is 10.0 Å². The van der Waals surface area contributed by atoms with E-state index in [0.717, 1.165) is 24.8 Å². The van der Waals surface area contributed by atoms with Crippen molar-refractivity contribution in [2.75, 3.05) is 5.73 Å². The second kappa shape index (κ2) is 4.90. The molecule has 2 rings (SSSR count). The molecule has 0 spiro atoms. The molecule has 3 N–H and O–H groups in total. The van der Waals surface area contributed by atoms with Crippen molar-refractivity contribution in [2.45, 2.75) is 44.0 Å². The fourth-order valence-electron chi connectivity index (χ4n) is 2.53. The third-order valence-electron chi connectivity index (χ3n) is 3.40. The van der Waals surface area contributed by atoms with Crippen molar-refractivity contribution in [2.24, 2.45) is 5.92 Å². The van der Waals surface area contributed by atoms with Crippen LogP contribution in [-0.2, 0) is 10.0 Å². The van der Waals surface area contributed by atoms with Crippen molar-refractivity contribution in [3.8, 4) is 0 Å². The van der Waals surface area contributed by atoms with Crippen LogP contribution in [0.1, 0.15) is 31.7 Å². The zero-order chi connectivity index (χ0) is 13.3. The predicted molar refractivity (Wildman–Crippen MR) is 72.7 cm³/mol. The molecule has 0 saturated heterocycles. The number of hydrogen-bond donors (Lipinski definition) is 2. The maximum Gasteiger partial charge on any atom is 0.240 e. The smallest absolute Gasteiger partial charge is 0.240 e. The van der Waals surface area contributed by atoms with Crippen molar-refractivity contribution in [3.05, 3.63) is 23.8 Å². The Kier molecular flexibility index (Phi) is 3.64. The highest BCUT2D eigenvalue weighted by Gasteiger charge is 2.26. The molecule has 1 aliphatic carbocycles. The Morgan fingerprint density at radius 3 is 2.56 bits per heavy atom. The molecule has 4 nitrogen and oxygen atoms in total. The van der Waals surface area contributed by atoms with Gasteiger partial charge < -0.3 is 5.73 Å². The highest BCUT2D eigenvalue weighted by atomic mass is 32.2. The molecule has 100 valence electrons. The van der Waals surface area contributed by atoms with Crippen molar-refractivity contribution in [1.82, 2.24) is 4.72 Å². The molecule has 0 amide bonds. The molecule has 18 heavy (non-hydrogen) atoms. The van der Waals surface area contributed by atoms with Crippen LogP contribution in [0.2, 0.25) is 0 Å². The van der Waals surface area contributed by atoms with Crippen LogP contribution >= 0.6 is 0 Å². The fourth-order valence-corrected chi connectivity index (χ4v) is 3.95. The summed E-state index contributed by atoms with van der Waals surface area (Å²) in [4.78, 5) is 0.263. The van der Waals surface area contributed by atoms with Gasteiger partial charge in [-0.25, -0.2) is 13.1 Å². The summed E-state index contributed by atoms with van der Waals surface area (Å²) in [6.07, 6.45) is 2.92. The lowest BCUT2D eigenvalue weighted by Crippen LogP contribution is -2.33. The Morgan fingerprint density at radius 1 is 1.28 bits per heavy atom. The first-order valence-corrected chi connectivity index (χ1v) is 7.74. The average molecular weight is 268 g/mol. The molecule has 2 atom stereocenters. The number of nitrogens with one attached hydrogen (secondary N) is 1. The van der Waals surface area contributed by atoms with E-state index in [0.29, 0.717) is 11.6 Å². The van der Waals surface area contributed by atoms with E-state index in [1.165, 1.54) is 6.07 Å². The first-order chi connectivity index (χ1) is 8.37. The Bertz CT molecular complexity index is 520. The molecule has 0 heterocycles. The summed E-state index contributed by atoms with van der Waals surface area (Å²) in [6.45, 7) is 3.99. The summed E-state index contributed by atoms with van der Waals surface area (Å²) in [5.74, 6) is 0.597. The number of nitrogen functional groups attached to an aromatic ring is 1. The van der Waals surface area contributed by atoms with Crippen LogP contribution < -0.4 is 10.5 Å². The van der Waals surface area contributed by atoms with Crippen molar-refractivity contribution >= 4 is 15.7 Å². The van der Waals surface area contributed by atoms with E-state index >= 15 is 0 Å². The van der Waals surface area contributed by atoms with Gasteiger partial charge in [-0.05, 0) is 55.9 Å². The number of benzene rings is 1. The SMILES string of the molecule is Cc1cc(N)cc(S(=O)(=O)NC2CCC(C)C2)c1. The maximum absolute atomic E-state index is 12.2. The number of anilines is 1. The zero-order valence-electron chi connectivity index (χ0n) is 10.8. The van der Waals surface area contributed by atoms with Gasteiger partial charge >= 0.3 is 0 Å². The molecule has 0 aromatic heterocycles. The van der Waals surface area contributed by atoms with Gasteiger partial charge in [-0.1, -0.05) is 6.92 Å². The Morgan fingerprint density at radius 2 is 2.00 bits per heavy atom. The molecule has 0 radical (unpaired) electrons. The van der Waals surface area contributed by atoms with Gasteiger partial charge in [-0.15, -0.1) is 0 Å². The first-order valence-electron chi connectivity index (χ1n) is 6.26. The third kappa shape index (κ3) is 3.03. The highest BCUT2D eigenvalue weighted by molar-refractivity contribution is 7.89. The lowest BCUT2D eigenvalue weighted by molar-refractivity contribution is 0.538. The molecular weight excluding hydrogens is 248 g/mol. The quantitative estimate of drug-likeness (QED) is 0.824. The lowest BCUT2D eigenvalue weighted by Gasteiger charge is -2.13. The highest BCUT2D eigenvalue weighted by Crippen LogP contribution is 2.26. The molecule has 0 aliphatic heterocycles. The van der Waals surface area contributed by atoms with Crippen LogP contribution in [0.5, 0.6) is 0 Å². The van der Waals surface area contributed by atoms with E-state index in [9.17, 15) is 8.42 Å². The average Bonchev–Trinajstić information content (AvgIpc) is 2.61. The van der Waals surface area contributed by atoms with Gasteiger partial charge in [0, 0.05) is 11.7 Å².